The Morgan fingerprint density at radius 2 is 1.93 bits per heavy atom. The first-order valence-corrected chi connectivity index (χ1v) is 9.48. The Kier molecular flexibility index (Phi) is 8.57. The van der Waals surface area contributed by atoms with Crippen LogP contribution < -0.4 is 20.1 Å². The molecule has 0 aliphatic heterocycles. The highest BCUT2D eigenvalue weighted by molar-refractivity contribution is 9.10. The van der Waals surface area contributed by atoms with Gasteiger partial charge in [0, 0.05) is 29.7 Å². The summed E-state index contributed by atoms with van der Waals surface area (Å²) in [6.07, 6.45) is 0. The number of carbonyl (C=O) groups is 1. The molecule has 2 rings (SSSR count). The molecule has 0 aromatic heterocycles. The minimum Gasteiger partial charge on any atom is -0.495 e. The zero-order valence-electron chi connectivity index (χ0n) is 15.9. The second kappa shape index (κ2) is 10.9. The Labute approximate surface area is 169 Å². The highest BCUT2D eigenvalue weighted by Crippen LogP contribution is 2.24. The summed E-state index contributed by atoms with van der Waals surface area (Å²) in [5.41, 5.74) is 1.61. The predicted octanol–water partition coefficient (Wildman–Crippen LogP) is 3.13. The number of carbonyl (C=O) groups excluding carboxylic acids is 1. The molecule has 0 spiro atoms. The van der Waals surface area contributed by atoms with Gasteiger partial charge in [0.05, 0.1) is 12.8 Å². The van der Waals surface area contributed by atoms with Crippen molar-refractivity contribution in [2.24, 2.45) is 0 Å². The van der Waals surface area contributed by atoms with Gasteiger partial charge in [0.1, 0.15) is 11.5 Å². The van der Waals surface area contributed by atoms with Crippen LogP contribution in [0.4, 0.5) is 5.69 Å². The fourth-order valence-electron chi connectivity index (χ4n) is 2.43. The maximum absolute atomic E-state index is 12.2. The minimum atomic E-state index is -0.242. The number of ether oxygens (including phenoxy) is 2. The van der Waals surface area contributed by atoms with Crippen molar-refractivity contribution in [3.63, 3.8) is 0 Å². The molecule has 27 heavy (non-hydrogen) atoms. The molecular formula is C20H26BrN3O3. The number of nitrogens with one attached hydrogen (secondary N) is 2. The number of amides is 1. The fourth-order valence-corrected chi connectivity index (χ4v) is 2.84. The van der Waals surface area contributed by atoms with E-state index in [0.29, 0.717) is 23.7 Å². The molecule has 1 amide bonds. The van der Waals surface area contributed by atoms with E-state index in [2.05, 4.69) is 31.5 Å². The third-order valence-corrected chi connectivity index (χ3v) is 4.31. The minimum absolute atomic E-state index is 0.0790. The maximum atomic E-state index is 12.2. The van der Waals surface area contributed by atoms with Crippen LogP contribution in [0.2, 0.25) is 0 Å². The lowest BCUT2D eigenvalue weighted by Crippen LogP contribution is -2.26. The normalized spacial score (nSPS) is 10.7. The number of halogens is 1. The van der Waals surface area contributed by atoms with E-state index in [9.17, 15) is 4.79 Å². The van der Waals surface area contributed by atoms with E-state index in [0.717, 1.165) is 23.1 Å². The molecule has 2 aromatic carbocycles. The number of anilines is 1. The molecule has 0 saturated heterocycles. The summed E-state index contributed by atoms with van der Waals surface area (Å²) in [4.78, 5) is 14.4. The third-order valence-electron chi connectivity index (χ3n) is 3.81. The summed E-state index contributed by atoms with van der Waals surface area (Å²) in [6, 6.07) is 13.0. The van der Waals surface area contributed by atoms with E-state index >= 15 is 0 Å². The van der Waals surface area contributed by atoms with Crippen molar-refractivity contribution in [1.82, 2.24) is 10.2 Å². The molecule has 0 radical (unpaired) electrons. The Bertz CT molecular complexity index is 753. The third kappa shape index (κ3) is 7.21. The monoisotopic (exact) mass is 435 g/mol. The molecule has 2 aromatic rings. The van der Waals surface area contributed by atoms with Gasteiger partial charge in [0.15, 0.2) is 6.61 Å². The topological polar surface area (TPSA) is 62.8 Å². The zero-order chi connectivity index (χ0) is 19.6. The van der Waals surface area contributed by atoms with Gasteiger partial charge in [-0.1, -0.05) is 28.1 Å². The molecule has 7 heteroatoms. The largest absolute Gasteiger partial charge is 0.495 e. The van der Waals surface area contributed by atoms with Crippen LogP contribution in [-0.2, 0) is 11.3 Å². The Hall–Kier alpha value is -2.09. The summed E-state index contributed by atoms with van der Waals surface area (Å²) < 4.78 is 12.0. The van der Waals surface area contributed by atoms with Crippen molar-refractivity contribution < 1.29 is 14.3 Å². The summed E-state index contributed by atoms with van der Waals surface area (Å²) in [6.45, 7) is 2.40. The van der Waals surface area contributed by atoms with Gasteiger partial charge in [0.25, 0.3) is 5.91 Å². The molecule has 0 fully saturated rings. The predicted molar refractivity (Wildman–Crippen MR) is 112 cm³/mol. The number of hydrogen-bond acceptors (Lipinski definition) is 5. The summed E-state index contributed by atoms with van der Waals surface area (Å²) in [7, 11) is 5.64. The van der Waals surface area contributed by atoms with E-state index < -0.39 is 0 Å². The van der Waals surface area contributed by atoms with Gasteiger partial charge in [-0.2, -0.15) is 0 Å². The number of likely N-dealkylation sites (N-methyl/N-ethyl adjacent to an activating group) is 1. The van der Waals surface area contributed by atoms with E-state index in [-0.39, 0.29) is 12.5 Å². The van der Waals surface area contributed by atoms with Crippen molar-refractivity contribution in [2.75, 3.05) is 46.2 Å². The molecule has 0 unspecified atom stereocenters. The molecule has 0 aliphatic rings. The second-order valence-corrected chi connectivity index (χ2v) is 7.18. The van der Waals surface area contributed by atoms with Gasteiger partial charge in [-0.25, -0.2) is 0 Å². The molecule has 6 nitrogen and oxygen atoms in total. The number of hydrogen-bond donors (Lipinski definition) is 2. The van der Waals surface area contributed by atoms with Gasteiger partial charge in [-0.3, -0.25) is 4.79 Å². The lowest BCUT2D eigenvalue weighted by molar-refractivity contribution is -0.118. The molecular weight excluding hydrogens is 410 g/mol. The summed E-state index contributed by atoms with van der Waals surface area (Å²) >= 11 is 3.48. The van der Waals surface area contributed by atoms with Crippen molar-refractivity contribution in [3.8, 4) is 11.5 Å². The van der Waals surface area contributed by atoms with E-state index in [4.69, 9.17) is 9.47 Å². The van der Waals surface area contributed by atoms with Crippen LogP contribution >= 0.6 is 15.9 Å². The van der Waals surface area contributed by atoms with Crippen molar-refractivity contribution >= 4 is 27.5 Å². The van der Waals surface area contributed by atoms with Crippen molar-refractivity contribution in [3.05, 3.63) is 52.5 Å². The number of methoxy groups -OCH3 is 1. The Morgan fingerprint density at radius 3 is 2.67 bits per heavy atom. The average molecular weight is 436 g/mol. The molecule has 146 valence electrons. The SMILES string of the molecule is COc1ccccc1NC(=O)COc1ccc(Br)cc1CNCCN(C)C. The molecule has 2 N–H and O–H groups in total. The lowest BCUT2D eigenvalue weighted by Gasteiger charge is -2.15. The second-order valence-electron chi connectivity index (χ2n) is 6.27. The van der Waals surface area contributed by atoms with Gasteiger partial charge in [-0.05, 0) is 44.4 Å². The van der Waals surface area contributed by atoms with E-state index in [1.165, 1.54) is 0 Å². The van der Waals surface area contributed by atoms with Crippen LogP contribution in [-0.4, -0.2) is 51.7 Å². The number of nitrogens with zero attached hydrogens (tertiary/aromatic N) is 1. The van der Waals surface area contributed by atoms with Crippen molar-refractivity contribution in [1.29, 1.82) is 0 Å². The molecule has 0 atom stereocenters. The Balaban J connectivity index is 1.93. The van der Waals surface area contributed by atoms with Gasteiger partial charge >= 0.3 is 0 Å². The highest BCUT2D eigenvalue weighted by atomic mass is 79.9. The molecule has 0 saturated carbocycles. The summed E-state index contributed by atoms with van der Waals surface area (Å²) in [5.74, 6) is 1.06. The smallest absolute Gasteiger partial charge is 0.262 e. The van der Waals surface area contributed by atoms with Crippen LogP contribution in [0.3, 0.4) is 0 Å². The van der Waals surface area contributed by atoms with E-state index in [1.807, 2.05) is 44.4 Å². The van der Waals surface area contributed by atoms with E-state index in [1.54, 1.807) is 19.2 Å². The van der Waals surface area contributed by atoms with Crippen molar-refractivity contribution in [2.45, 2.75) is 6.54 Å². The van der Waals surface area contributed by atoms with Gasteiger partial charge in [-0.15, -0.1) is 0 Å². The van der Waals surface area contributed by atoms with Crippen LogP contribution in [0.1, 0.15) is 5.56 Å². The fraction of sp³-hybridized carbons (Fsp3) is 0.350. The number of rotatable bonds is 10. The molecule has 0 heterocycles. The standard InChI is InChI=1S/C20H26BrN3O3/c1-24(2)11-10-22-13-15-12-16(21)8-9-18(15)27-14-20(25)23-17-6-4-5-7-19(17)26-3/h4-9,12,22H,10-11,13-14H2,1-3H3,(H,23,25). The number of para-hydroxylation sites is 2. The van der Waals surface area contributed by atoms with Crippen LogP contribution in [0.15, 0.2) is 46.9 Å². The van der Waals surface area contributed by atoms with Gasteiger partial charge < -0.3 is 25.0 Å². The van der Waals surface area contributed by atoms with Crippen LogP contribution in [0, 0.1) is 0 Å². The Morgan fingerprint density at radius 1 is 1.15 bits per heavy atom. The summed E-state index contributed by atoms with van der Waals surface area (Å²) in [5, 5.41) is 6.19. The maximum Gasteiger partial charge on any atom is 0.262 e. The first-order chi connectivity index (χ1) is 13.0. The first kappa shape index (κ1) is 21.2. The quantitative estimate of drug-likeness (QED) is 0.561. The highest BCUT2D eigenvalue weighted by Gasteiger charge is 2.10. The molecule has 0 bridgehead atoms. The van der Waals surface area contributed by atoms with Crippen LogP contribution in [0.5, 0.6) is 11.5 Å². The van der Waals surface area contributed by atoms with Gasteiger partial charge in [0.2, 0.25) is 0 Å². The van der Waals surface area contributed by atoms with Crippen LogP contribution in [0.25, 0.3) is 0 Å². The lowest BCUT2D eigenvalue weighted by atomic mass is 10.2. The number of benzene rings is 2. The average Bonchev–Trinajstić information content (AvgIpc) is 2.64. The molecule has 0 aliphatic carbocycles. The first-order valence-electron chi connectivity index (χ1n) is 8.69. The zero-order valence-corrected chi connectivity index (χ0v) is 17.5.